The molecule has 0 bridgehead atoms. The van der Waals surface area contributed by atoms with Gasteiger partial charge in [0.05, 0.1) is 4.90 Å². The number of halogens is 1. The van der Waals surface area contributed by atoms with Gasteiger partial charge in [-0.25, -0.2) is 17.5 Å². The molecule has 0 aliphatic carbocycles. The zero-order chi connectivity index (χ0) is 21.6. The van der Waals surface area contributed by atoms with Gasteiger partial charge >= 0.3 is 0 Å². The van der Waals surface area contributed by atoms with Gasteiger partial charge in [0.15, 0.2) is 0 Å². The lowest BCUT2D eigenvalue weighted by atomic mass is 9.94. The van der Waals surface area contributed by atoms with Gasteiger partial charge < -0.3 is 10.2 Å². The SMILES string of the molecule is CC(C)C(C)NC(=O)C1CCN(C(=O)CCNS(=O)(=O)c2ccc(F)cc2)CC1. The Morgan fingerprint density at radius 1 is 1.14 bits per heavy atom. The maximum Gasteiger partial charge on any atom is 0.240 e. The number of likely N-dealkylation sites (tertiary alicyclic amines) is 1. The van der Waals surface area contributed by atoms with Crippen molar-refractivity contribution >= 4 is 21.8 Å². The molecule has 1 unspecified atom stereocenters. The maximum atomic E-state index is 12.9. The third-order valence-electron chi connectivity index (χ3n) is 5.34. The van der Waals surface area contributed by atoms with Gasteiger partial charge in [-0.1, -0.05) is 13.8 Å². The Morgan fingerprint density at radius 3 is 2.28 bits per heavy atom. The molecule has 0 spiro atoms. The second-order valence-corrected chi connectivity index (χ2v) is 9.56. The minimum Gasteiger partial charge on any atom is -0.353 e. The van der Waals surface area contributed by atoms with E-state index < -0.39 is 15.8 Å². The molecule has 1 heterocycles. The molecule has 1 saturated heterocycles. The number of nitrogens with one attached hydrogen (secondary N) is 2. The van der Waals surface area contributed by atoms with E-state index in [-0.39, 0.29) is 41.6 Å². The Bertz CT molecular complexity index is 804. The van der Waals surface area contributed by atoms with E-state index in [0.717, 1.165) is 12.1 Å². The highest BCUT2D eigenvalue weighted by molar-refractivity contribution is 7.89. The molecule has 0 radical (unpaired) electrons. The summed E-state index contributed by atoms with van der Waals surface area (Å²) in [6.07, 6.45) is 1.23. The van der Waals surface area contributed by atoms with Gasteiger partial charge in [-0.3, -0.25) is 9.59 Å². The van der Waals surface area contributed by atoms with Crippen LogP contribution in [0.1, 0.15) is 40.0 Å². The molecule has 7 nitrogen and oxygen atoms in total. The highest BCUT2D eigenvalue weighted by Crippen LogP contribution is 2.19. The van der Waals surface area contributed by atoms with Crippen LogP contribution >= 0.6 is 0 Å². The monoisotopic (exact) mass is 427 g/mol. The summed E-state index contributed by atoms with van der Waals surface area (Å²) < 4.78 is 39.6. The Kier molecular flexibility index (Phi) is 8.15. The van der Waals surface area contributed by atoms with Gasteiger partial charge in [-0.15, -0.1) is 0 Å². The van der Waals surface area contributed by atoms with Gasteiger partial charge in [0, 0.05) is 38.0 Å². The fourth-order valence-corrected chi connectivity index (χ4v) is 4.08. The largest absolute Gasteiger partial charge is 0.353 e. The van der Waals surface area contributed by atoms with E-state index in [2.05, 4.69) is 23.9 Å². The van der Waals surface area contributed by atoms with Crippen molar-refractivity contribution in [3.63, 3.8) is 0 Å². The number of rotatable bonds is 8. The topological polar surface area (TPSA) is 95.6 Å². The van der Waals surface area contributed by atoms with Gasteiger partial charge in [-0.2, -0.15) is 0 Å². The highest BCUT2D eigenvalue weighted by atomic mass is 32.2. The molecule has 0 saturated carbocycles. The van der Waals surface area contributed by atoms with Gasteiger partial charge in [0.25, 0.3) is 0 Å². The number of nitrogens with zero attached hydrogens (tertiary/aromatic N) is 1. The van der Waals surface area contributed by atoms with Crippen molar-refractivity contribution in [3.8, 4) is 0 Å². The number of hydrogen-bond donors (Lipinski definition) is 2. The van der Waals surface area contributed by atoms with E-state index in [1.54, 1.807) is 4.90 Å². The molecule has 9 heteroatoms. The predicted octanol–water partition coefficient (Wildman–Crippen LogP) is 1.89. The second kappa shape index (κ2) is 10.2. The fourth-order valence-electron chi connectivity index (χ4n) is 3.05. The summed E-state index contributed by atoms with van der Waals surface area (Å²) in [5, 5.41) is 3.02. The van der Waals surface area contributed by atoms with Crippen LogP contribution in [0, 0.1) is 17.7 Å². The van der Waals surface area contributed by atoms with E-state index >= 15 is 0 Å². The zero-order valence-electron chi connectivity index (χ0n) is 17.2. The first-order chi connectivity index (χ1) is 13.6. The Labute approximate surface area is 172 Å². The number of sulfonamides is 1. The van der Waals surface area contributed by atoms with Crippen LogP contribution in [0.15, 0.2) is 29.2 Å². The first kappa shape index (κ1) is 23.3. The molecule has 1 atom stereocenters. The molecular weight excluding hydrogens is 397 g/mol. The molecule has 1 aliphatic heterocycles. The molecule has 1 aromatic carbocycles. The normalized spacial score (nSPS) is 16.7. The lowest BCUT2D eigenvalue weighted by Crippen LogP contribution is -2.46. The summed E-state index contributed by atoms with van der Waals surface area (Å²) in [7, 11) is -3.78. The van der Waals surface area contributed by atoms with Crippen LogP contribution in [0.4, 0.5) is 4.39 Å². The minimum atomic E-state index is -3.78. The average molecular weight is 428 g/mol. The van der Waals surface area contributed by atoms with Crippen molar-refractivity contribution in [3.05, 3.63) is 30.1 Å². The molecule has 1 aliphatic rings. The Balaban J connectivity index is 1.75. The van der Waals surface area contributed by atoms with Gasteiger partial charge in [0.2, 0.25) is 21.8 Å². The summed E-state index contributed by atoms with van der Waals surface area (Å²) in [6, 6.07) is 4.60. The van der Waals surface area contributed by atoms with Gasteiger partial charge in [-0.05, 0) is 49.9 Å². The van der Waals surface area contributed by atoms with Crippen LogP contribution in [0.25, 0.3) is 0 Å². The standard InChI is InChI=1S/C20H30FN3O4S/c1-14(2)15(3)23-20(26)16-9-12-24(13-10-16)19(25)8-11-22-29(27,28)18-6-4-17(21)5-7-18/h4-7,14-16,22H,8-13H2,1-3H3,(H,23,26). The fraction of sp³-hybridized carbons (Fsp3) is 0.600. The summed E-state index contributed by atoms with van der Waals surface area (Å²) >= 11 is 0. The molecule has 2 amide bonds. The van der Waals surface area contributed by atoms with Crippen LogP contribution < -0.4 is 10.0 Å². The van der Waals surface area contributed by atoms with Crippen molar-refractivity contribution in [1.82, 2.24) is 14.9 Å². The number of hydrogen-bond acceptors (Lipinski definition) is 4. The summed E-state index contributed by atoms with van der Waals surface area (Å²) in [4.78, 5) is 26.3. The van der Waals surface area contributed by atoms with Crippen molar-refractivity contribution in [1.29, 1.82) is 0 Å². The second-order valence-electron chi connectivity index (χ2n) is 7.80. The molecule has 0 aromatic heterocycles. The van der Waals surface area contributed by atoms with Crippen LogP contribution in [-0.2, 0) is 19.6 Å². The molecule has 1 aromatic rings. The van der Waals surface area contributed by atoms with E-state index in [4.69, 9.17) is 0 Å². The third kappa shape index (κ3) is 6.78. The molecular formula is C20H30FN3O4S. The maximum absolute atomic E-state index is 12.9. The van der Waals surface area contributed by atoms with Crippen molar-refractivity contribution < 1.29 is 22.4 Å². The number of carbonyl (C=O) groups excluding carboxylic acids is 2. The van der Waals surface area contributed by atoms with Crippen LogP contribution in [0.2, 0.25) is 0 Å². The lowest BCUT2D eigenvalue weighted by molar-refractivity contribution is -0.135. The molecule has 2 N–H and O–H groups in total. The molecule has 1 fully saturated rings. The highest BCUT2D eigenvalue weighted by Gasteiger charge is 2.28. The van der Waals surface area contributed by atoms with E-state index in [0.29, 0.717) is 31.8 Å². The minimum absolute atomic E-state index is 0.0294. The average Bonchev–Trinajstić information content (AvgIpc) is 2.68. The first-order valence-corrected chi connectivity index (χ1v) is 11.4. The summed E-state index contributed by atoms with van der Waals surface area (Å²) in [5.41, 5.74) is 0. The Hall–Kier alpha value is -2.00. The predicted molar refractivity (Wildman–Crippen MR) is 108 cm³/mol. The summed E-state index contributed by atoms with van der Waals surface area (Å²) in [6.45, 7) is 7.02. The van der Waals surface area contributed by atoms with Crippen LogP contribution in [-0.4, -0.2) is 50.8 Å². The third-order valence-corrected chi connectivity index (χ3v) is 6.82. The molecule has 29 heavy (non-hydrogen) atoms. The number of carbonyl (C=O) groups is 2. The molecule has 2 rings (SSSR count). The first-order valence-electron chi connectivity index (χ1n) is 9.93. The lowest BCUT2D eigenvalue weighted by Gasteiger charge is -2.32. The van der Waals surface area contributed by atoms with Crippen LogP contribution in [0.5, 0.6) is 0 Å². The van der Waals surface area contributed by atoms with E-state index in [9.17, 15) is 22.4 Å². The van der Waals surface area contributed by atoms with Crippen LogP contribution in [0.3, 0.4) is 0 Å². The number of piperidine rings is 1. The molecule has 162 valence electrons. The number of benzene rings is 1. The summed E-state index contributed by atoms with van der Waals surface area (Å²) in [5.74, 6) is -0.377. The Morgan fingerprint density at radius 2 is 1.72 bits per heavy atom. The van der Waals surface area contributed by atoms with Gasteiger partial charge in [0.1, 0.15) is 5.82 Å². The number of amides is 2. The van der Waals surface area contributed by atoms with Crippen molar-refractivity contribution in [2.75, 3.05) is 19.6 Å². The smallest absolute Gasteiger partial charge is 0.240 e. The van der Waals surface area contributed by atoms with E-state index in [1.807, 2.05) is 6.92 Å². The van der Waals surface area contributed by atoms with Crippen molar-refractivity contribution in [2.24, 2.45) is 11.8 Å². The van der Waals surface area contributed by atoms with E-state index in [1.165, 1.54) is 12.1 Å². The zero-order valence-corrected chi connectivity index (χ0v) is 18.0. The van der Waals surface area contributed by atoms with Crippen molar-refractivity contribution in [2.45, 2.75) is 51.0 Å². The quantitative estimate of drug-likeness (QED) is 0.662.